The molecule has 3 nitrogen and oxygen atoms in total. The van der Waals surface area contributed by atoms with Crippen LogP contribution in [-0.4, -0.2) is 13.4 Å². The van der Waals surface area contributed by atoms with E-state index in [0.29, 0.717) is 18.1 Å². The highest BCUT2D eigenvalue weighted by Gasteiger charge is 2.13. The van der Waals surface area contributed by atoms with Gasteiger partial charge in [-0.15, -0.1) is 0 Å². The number of methoxy groups -OCH3 is 1. The van der Waals surface area contributed by atoms with Crippen molar-refractivity contribution in [2.75, 3.05) is 7.11 Å². The molecule has 2 aromatic rings. The molecule has 0 aromatic heterocycles. The van der Waals surface area contributed by atoms with Crippen LogP contribution in [0.2, 0.25) is 0 Å². The number of carbonyl (C=O) groups excluding carboxylic acids is 1. The lowest BCUT2D eigenvalue weighted by atomic mass is 9.87. The third-order valence-corrected chi connectivity index (χ3v) is 3.77. The Bertz CT molecular complexity index is 707. The van der Waals surface area contributed by atoms with E-state index in [-0.39, 0.29) is 5.41 Å². The van der Waals surface area contributed by atoms with Crippen molar-refractivity contribution < 1.29 is 14.3 Å². The molecular formula is C21H24O3. The summed E-state index contributed by atoms with van der Waals surface area (Å²) >= 11 is 0. The summed E-state index contributed by atoms with van der Waals surface area (Å²) in [6.45, 7) is 7.07. The number of ether oxygens (including phenoxy) is 2. The van der Waals surface area contributed by atoms with E-state index >= 15 is 0 Å². The molecule has 0 atom stereocenters. The van der Waals surface area contributed by atoms with Gasteiger partial charge >= 0.3 is 0 Å². The van der Waals surface area contributed by atoms with Crippen molar-refractivity contribution >= 4 is 12.4 Å². The second kappa shape index (κ2) is 7.82. The molecule has 0 N–H and O–H groups in total. The molecule has 0 amide bonds. The Kier molecular flexibility index (Phi) is 5.80. The molecule has 0 saturated heterocycles. The number of allylic oxidation sites excluding steroid dienone is 1. The highest BCUT2D eigenvalue weighted by molar-refractivity contribution is 5.74. The lowest BCUT2D eigenvalue weighted by Crippen LogP contribution is -2.10. The molecule has 24 heavy (non-hydrogen) atoms. The first kappa shape index (κ1) is 17.8. The van der Waals surface area contributed by atoms with Crippen LogP contribution in [-0.2, 0) is 16.8 Å². The molecular weight excluding hydrogens is 300 g/mol. The summed E-state index contributed by atoms with van der Waals surface area (Å²) in [5.41, 5.74) is 3.44. The van der Waals surface area contributed by atoms with Crippen molar-refractivity contribution in [3.8, 4) is 11.5 Å². The zero-order chi connectivity index (χ0) is 17.6. The first-order valence-corrected chi connectivity index (χ1v) is 7.96. The van der Waals surface area contributed by atoms with Gasteiger partial charge < -0.3 is 9.47 Å². The van der Waals surface area contributed by atoms with Crippen molar-refractivity contribution in [1.29, 1.82) is 0 Å². The lowest BCUT2D eigenvalue weighted by Gasteiger charge is -2.19. The van der Waals surface area contributed by atoms with Crippen molar-refractivity contribution in [1.82, 2.24) is 0 Å². The van der Waals surface area contributed by atoms with Crippen LogP contribution >= 0.6 is 0 Å². The predicted octanol–water partition coefficient (Wildman–Crippen LogP) is 4.78. The summed E-state index contributed by atoms with van der Waals surface area (Å²) in [5, 5.41) is 0. The molecule has 0 saturated carbocycles. The maximum atomic E-state index is 10.4. The molecule has 0 fully saturated rings. The van der Waals surface area contributed by atoms with E-state index in [2.05, 4.69) is 45.0 Å². The molecule has 0 spiro atoms. The van der Waals surface area contributed by atoms with Gasteiger partial charge in [0.1, 0.15) is 12.9 Å². The number of hydrogen-bond acceptors (Lipinski definition) is 3. The first-order valence-electron chi connectivity index (χ1n) is 7.96. The summed E-state index contributed by atoms with van der Waals surface area (Å²) in [6, 6.07) is 14.1. The number of hydrogen-bond donors (Lipinski definition) is 0. The molecule has 0 radical (unpaired) electrons. The Morgan fingerprint density at radius 3 is 2.29 bits per heavy atom. The van der Waals surface area contributed by atoms with E-state index < -0.39 is 0 Å². The number of benzene rings is 2. The van der Waals surface area contributed by atoms with Crippen molar-refractivity contribution in [3.63, 3.8) is 0 Å². The Labute approximate surface area is 143 Å². The van der Waals surface area contributed by atoms with E-state index in [1.165, 1.54) is 11.6 Å². The SMILES string of the molecule is COc1cc(/C=C/C=O)ccc1OCc1ccc(C(C)(C)C)cc1. The van der Waals surface area contributed by atoms with Gasteiger partial charge in [-0.05, 0) is 40.3 Å². The van der Waals surface area contributed by atoms with Crippen LogP contribution in [0.5, 0.6) is 11.5 Å². The van der Waals surface area contributed by atoms with E-state index in [1.807, 2.05) is 18.2 Å². The Morgan fingerprint density at radius 1 is 1.00 bits per heavy atom. The Hall–Kier alpha value is -2.55. The highest BCUT2D eigenvalue weighted by Crippen LogP contribution is 2.29. The molecule has 126 valence electrons. The van der Waals surface area contributed by atoms with Crippen LogP contribution in [0.3, 0.4) is 0 Å². The van der Waals surface area contributed by atoms with E-state index in [9.17, 15) is 4.79 Å². The lowest BCUT2D eigenvalue weighted by molar-refractivity contribution is -0.104. The Balaban J connectivity index is 2.08. The standard InChI is InChI=1S/C21H24O3/c1-21(2,3)18-10-7-17(8-11-18)15-24-19-12-9-16(6-5-13-22)14-20(19)23-4/h5-14H,15H2,1-4H3/b6-5+. The van der Waals surface area contributed by atoms with Gasteiger partial charge in [-0.2, -0.15) is 0 Å². The minimum Gasteiger partial charge on any atom is -0.493 e. The van der Waals surface area contributed by atoms with Crippen molar-refractivity contribution in [3.05, 3.63) is 65.2 Å². The fourth-order valence-corrected chi connectivity index (χ4v) is 2.32. The second-order valence-corrected chi connectivity index (χ2v) is 6.64. The zero-order valence-electron chi connectivity index (χ0n) is 14.7. The fourth-order valence-electron chi connectivity index (χ4n) is 2.32. The van der Waals surface area contributed by atoms with Crippen LogP contribution in [0.15, 0.2) is 48.5 Å². The highest BCUT2D eigenvalue weighted by atomic mass is 16.5. The van der Waals surface area contributed by atoms with Gasteiger partial charge in [-0.25, -0.2) is 0 Å². The predicted molar refractivity (Wildman–Crippen MR) is 97.6 cm³/mol. The van der Waals surface area contributed by atoms with Gasteiger partial charge in [-0.1, -0.05) is 57.2 Å². The van der Waals surface area contributed by atoms with Crippen LogP contribution < -0.4 is 9.47 Å². The number of carbonyl (C=O) groups is 1. The normalized spacial score (nSPS) is 11.5. The number of aldehydes is 1. The summed E-state index contributed by atoms with van der Waals surface area (Å²) in [7, 11) is 1.60. The maximum absolute atomic E-state index is 10.4. The summed E-state index contributed by atoms with van der Waals surface area (Å²) in [5.74, 6) is 1.33. The van der Waals surface area contributed by atoms with Crippen molar-refractivity contribution in [2.24, 2.45) is 0 Å². The zero-order valence-corrected chi connectivity index (χ0v) is 14.7. The topological polar surface area (TPSA) is 35.5 Å². The largest absolute Gasteiger partial charge is 0.493 e. The minimum absolute atomic E-state index is 0.146. The smallest absolute Gasteiger partial charge is 0.161 e. The second-order valence-electron chi connectivity index (χ2n) is 6.64. The summed E-state index contributed by atoms with van der Waals surface area (Å²) in [6.07, 6.45) is 3.93. The summed E-state index contributed by atoms with van der Waals surface area (Å²) < 4.78 is 11.3. The third kappa shape index (κ3) is 4.72. The molecule has 3 heteroatoms. The van der Waals surface area contributed by atoms with Crippen LogP contribution in [0.4, 0.5) is 0 Å². The molecule has 0 unspecified atom stereocenters. The molecule has 0 aliphatic heterocycles. The van der Waals surface area contributed by atoms with Crippen LogP contribution in [0, 0.1) is 0 Å². The molecule has 0 heterocycles. The van der Waals surface area contributed by atoms with Crippen LogP contribution in [0.25, 0.3) is 6.08 Å². The average molecular weight is 324 g/mol. The molecule has 0 bridgehead atoms. The minimum atomic E-state index is 0.146. The van der Waals surface area contributed by atoms with Gasteiger partial charge in [0, 0.05) is 0 Å². The van der Waals surface area contributed by atoms with E-state index in [0.717, 1.165) is 17.4 Å². The summed E-state index contributed by atoms with van der Waals surface area (Å²) in [4.78, 5) is 10.4. The quantitative estimate of drug-likeness (QED) is 0.566. The van der Waals surface area contributed by atoms with Gasteiger partial charge in [0.05, 0.1) is 7.11 Å². The molecule has 2 aromatic carbocycles. The molecule has 0 aliphatic rings. The monoisotopic (exact) mass is 324 g/mol. The van der Waals surface area contributed by atoms with Gasteiger partial charge in [0.2, 0.25) is 0 Å². The number of rotatable bonds is 6. The first-order chi connectivity index (χ1) is 11.4. The fraction of sp³-hybridized carbons (Fsp3) is 0.286. The van der Waals surface area contributed by atoms with Crippen molar-refractivity contribution in [2.45, 2.75) is 32.8 Å². The average Bonchev–Trinajstić information content (AvgIpc) is 2.58. The van der Waals surface area contributed by atoms with Crippen LogP contribution in [0.1, 0.15) is 37.5 Å². The molecule has 0 aliphatic carbocycles. The third-order valence-electron chi connectivity index (χ3n) is 3.77. The molecule has 2 rings (SSSR count). The van der Waals surface area contributed by atoms with Gasteiger partial charge in [0.25, 0.3) is 0 Å². The van der Waals surface area contributed by atoms with Gasteiger partial charge in [0.15, 0.2) is 11.5 Å². The maximum Gasteiger partial charge on any atom is 0.161 e. The van der Waals surface area contributed by atoms with E-state index in [4.69, 9.17) is 9.47 Å². The van der Waals surface area contributed by atoms with E-state index in [1.54, 1.807) is 13.2 Å². The van der Waals surface area contributed by atoms with Gasteiger partial charge in [-0.3, -0.25) is 4.79 Å². The Morgan fingerprint density at radius 2 is 1.71 bits per heavy atom.